The fourth-order valence-electron chi connectivity index (χ4n) is 4.30. The minimum atomic E-state index is -3.77. The van der Waals surface area contributed by atoms with Crippen LogP contribution in [-0.2, 0) is 20.0 Å². The SMILES string of the molecule is Cc1cc(S(=O)(=O)N2CCN(c3cc(Cl)cc(Cl)c3)CC2)ccc1NC(=O)c1ccccc1N(C)S(C)(=O)=O. The molecule has 13 heteroatoms. The van der Waals surface area contributed by atoms with Crippen LogP contribution in [-0.4, -0.2) is 66.5 Å². The summed E-state index contributed by atoms with van der Waals surface area (Å²) >= 11 is 12.2. The van der Waals surface area contributed by atoms with Crippen molar-refractivity contribution in [2.45, 2.75) is 11.8 Å². The van der Waals surface area contributed by atoms with Crippen molar-refractivity contribution in [3.63, 3.8) is 0 Å². The van der Waals surface area contributed by atoms with Crippen molar-refractivity contribution >= 4 is 66.2 Å². The summed E-state index contributed by atoms with van der Waals surface area (Å²) in [5.74, 6) is -0.517. The second-order valence-electron chi connectivity index (χ2n) is 9.20. The lowest BCUT2D eigenvalue weighted by Crippen LogP contribution is -2.48. The molecular weight excluding hydrogens is 583 g/mol. The first-order valence-corrected chi connectivity index (χ1v) is 16.0. The number of benzene rings is 3. The van der Waals surface area contributed by atoms with Crippen molar-refractivity contribution in [1.29, 1.82) is 0 Å². The lowest BCUT2D eigenvalue weighted by atomic mass is 10.1. The smallest absolute Gasteiger partial charge is 0.257 e. The van der Waals surface area contributed by atoms with E-state index >= 15 is 0 Å². The largest absolute Gasteiger partial charge is 0.369 e. The Morgan fingerprint density at radius 1 is 0.897 bits per heavy atom. The Kier molecular flexibility index (Phi) is 8.48. The van der Waals surface area contributed by atoms with Gasteiger partial charge in [0.15, 0.2) is 0 Å². The van der Waals surface area contributed by atoms with Gasteiger partial charge < -0.3 is 10.2 Å². The fourth-order valence-corrected chi connectivity index (χ4v) is 6.84. The highest BCUT2D eigenvalue weighted by Crippen LogP contribution is 2.29. The number of hydrogen-bond donors (Lipinski definition) is 1. The predicted molar refractivity (Wildman–Crippen MR) is 156 cm³/mol. The Hall–Kier alpha value is -2.83. The molecule has 0 radical (unpaired) electrons. The summed E-state index contributed by atoms with van der Waals surface area (Å²) in [5, 5.41) is 3.80. The van der Waals surface area contributed by atoms with Crippen LogP contribution < -0.4 is 14.5 Å². The third-order valence-corrected chi connectivity index (χ3v) is 10.0. The maximum atomic E-state index is 13.4. The molecule has 1 fully saturated rings. The lowest BCUT2D eigenvalue weighted by Gasteiger charge is -2.35. The second-order valence-corrected chi connectivity index (χ2v) is 14.0. The zero-order chi connectivity index (χ0) is 28.5. The van der Waals surface area contributed by atoms with E-state index in [1.165, 1.54) is 35.6 Å². The Labute approximate surface area is 239 Å². The molecule has 3 aromatic carbocycles. The summed E-state index contributed by atoms with van der Waals surface area (Å²) in [6, 6.07) is 16.1. The molecule has 0 aromatic heterocycles. The number of hydrogen-bond acceptors (Lipinski definition) is 6. The minimum absolute atomic E-state index is 0.120. The molecule has 1 amide bonds. The number of aryl methyl sites for hydroxylation is 1. The van der Waals surface area contributed by atoms with Gasteiger partial charge in [-0.3, -0.25) is 9.10 Å². The van der Waals surface area contributed by atoms with Crippen molar-refractivity contribution in [3.8, 4) is 0 Å². The third-order valence-electron chi connectivity index (χ3n) is 6.52. The monoisotopic (exact) mass is 610 g/mol. The predicted octanol–water partition coefficient (Wildman–Crippen LogP) is 4.46. The van der Waals surface area contributed by atoms with Crippen LogP contribution >= 0.6 is 23.2 Å². The number of carbonyl (C=O) groups is 1. The van der Waals surface area contributed by atoms with Crippen LogP contribution in [0.25, 0.3) is 0 Å². The van der Waals surface area contributed by atoms with E-state index in [9.17, 15) is 21.6 Å². The van der Waals surface area contributed by atoms with E-state index in [1.807, 2.05) is 4.90 Å². The van der Waals surface area contributed by atoms with Gasteiger partial charge in [0.25, 0.3) is 5.91 Å². The summed E-state index contributed by atoms with van der Waals surface area (Å²) in [4.78, 5) is 15.2. The van der Waals surface area contributed by atoms with E-state index in [2.05, 4.69) is 5.32 Å². The van der Waals surface area contributed by atoms with E-state index in [1.54, 1.807) is 43.3 Å². The fraction of sp³-hybridized carbons (Fsp3) is 0.269. The first-order chi connectivity index (χ1) is 18.3. The Morgan fingerprint density at radius 2 is 1.51 bits per heavy atom. The number of para-hydroxylation sites is 1. The number of nitrogens with zero attached hydrogens (tertiary/aromatic N) is 3. The van der Waals surface area contributed by atoms with Crippen LogP contribution in [0.5, 0.6) is 0 Å². The normalized spacial score (nSPS) is 14.7. The van der Waals surface area contributed by atoms with Crippen LogP contribution in [0.1, 0.15) is 15.9 Å². The van der Waals surface area contributed by atoms with Gasteiger partial charge in [0, 0.05) is 54.6 Å². The molecule has 1 saturated heterocycles. The van der Waals surface area contributed by atoms with Crippen molar-refractivity contribution in [1.82, 2.24) is 4.31 Å². The number of rotatable bonds is 7. The van der Waals surface area contributed by atoms with Gasteiger partial charge in [-0.05, 0) is 61.0 Å². The number of halogens is 2. The molecule has 9 nitrogen and oxygen atoms in total. The number of anilines is 3. The zero-order valence-electron chi connectivity index (χ0n) is 21.6. The Morgan fingerprint density at radius 3 is 2.10 bits per heavy atom. The van der Waals surface area contributed by atoms with Gasteiger partial charge in [-0.25, -0.2) is 16.8 Å². The average molecular weight is 612 g/mol. The van der Waals surface area contributed by atoms with Gasteiger partial charge in [-0.15, -0.1) is 0 Å². The molecular formula is C26H28Cl2N4O5S2. The Bertz CT molecular complexity index is 1600. The number of sulfonamides is 2. The van der Waals surface area contributed by atoms with Crippen LogP contribution in [0.4, 0.5) is 17.1 Å². The van der Waals surface area contributed by atoms with Gasteiger partial charge in [0.2, 0.25) is 20.0 Å². The van der Waals surface area contributed by atoms with Crippen LogP contribution in [0.15, 0.2) is 65.6 Å². The van der Waals surface area contributed by atoms with Gasteiger partial charge in [0.1, 0.15) is 0 Å². The maximum absolute atomic E-state index is 13.4. The van der Waals surface area contributed by atoms with E-state index < -0.39 is 26.0 Å². The maximum Gasteiger partial charge on any atom is 0.257 e. The minimum Gasteiger partial charge on any atom is -0.369 e. The molecule has 1 heterocycles. The highest BCUT2D eigenvalue weighted by atomic mass is 35.5. The molecule has 0 bridgehead atoms. The molecule has 1 aliphatic rings. The summed E-state index contributed by atoms with van der Waals surface area (Å²) in [6.07, 6.45) is 1.05. The quantitative estimate of drug-likeness (QED) is 0.423. The van der Waals surface area contributed by atoms with E-state index in [0.29, 0.717) is 34.4 Å². The van der Waals surface area contributed by atoms with E-state index in [4.69, 9.17) is 23.2 Å². The summed E-state index contributed by atoms with van der Waals surface area (Å²) in [7, 11) is -5.98. The van der Waals surface area contributed by atoms with E-state index in [0.717, 1.165) is 16.2 Å². The molecule has 0 aliphatic carbocycles. The molecule has 3 aromatic rings. The third kappa shape index (κ3) is 6.50. The number of piperazine rings is 1. The van der Waals surface area contributed by atoms with Crippen molar-refractivity contribution < 1.29 is 21.6 Å². The van der Waals surface area contributed by atoms with Crippen molar-refractivity contribution in [3.05, 3.63) is 81.8 Å². The number of carbonyl (C=O) groups excluding carboxylic acids is 1. The number of amides is 1. The number of nitrogens with one attached hydrogen (secondary N) is 1. The van der Waals surface area contributed by atoms with Gasteiger partial charge in [-0.1, -0.05) is 35.3 Å². The molecule has 1 aliphatic heterocycles. The first-order valence-electron chi connectivity index (χ1n) is 11.9. The second kappa shape index (κ2) is 11.3. The van der Waals surface area contributed by atoms with Crippen molar-refractivity contribution in [2.75, 3.05) is 54.0 Å². The average Bonchev–Trinajstić information content (AvgIpc) is 2.88. The van der Waals surface area contributed by atoms with Gasteiger partial charge in [0.05, 0.1) is 22.4 Å². The van der Waals surface area contributed by atoms with Crippen LogP contribution in [0.3, 0.4) is 0 Å². The zero-order valence-corrected chi connectivity index (χ0v) is 24.7. The molecule has 1 N–H and O–H groups in total. The molecule has 0 spiro atoms. The highest BCUT2D eigenvalue weighted by molar-refractivity contribution is 7.92. The molecule has 4 rings (SSSR count). The summed E-state index contributed by atoms with van der Waals surface area (Å²) < 4.78 is 53.2. The van der Waals surface area contributed by atoms with Crippen molar-refractivity contribution in [2.24, 2.45) is 0 Å². The summed E-state index contributed by atoms with van der Waals surface area (Å²) in [6.45, 7) is 3.22. The lowest BCUT2D eigenvalue weighted by molar-refractivity contribution is 0.102. The molecule has 0 saturated carbocycles. The van der Waals surface area contributed by atoms with Crippen LogP contribution in [0, 0.1) is 6.92 Å². The van der Waals surface area contributed by atoms with E-state index in [-0.39, 0.29) is 29.2 Å². The Balaban J connectivity index is 1.48. The van der Waals surface area contributed by atoms with Gasteiger partial charge in [-0.2, -0.15) is 4.31 Å². The summed E-state index contributed by atoms with van der Waals surface area (Å²) in [5.41, 5.74) is 2.20. The molecule has 0 unspecified atom stereocenters. The molecule has 0 atom stereocenters. The topological polar surface area (TPSA) is 107 Å². The molecule has 208 valence electrons. The van der Waals surface area contributed by atoms with Gasteiger partial charge >= 0.3 is 0 Å². The standard InChI is InChI=1S/C26H28Cl2N4O5S2/c1-18-14-22(39(36,37)32-12-10-31(11-13-32)21-16-19(27)15-20(28)17-21)8-9-24(18)29-26(33)23-6-4-5-7-25(23)30(2)38(3,34)35/h4-9,14-17H,10-13H2,1-3H3,(H,29,33). The first kappa shape index (κ1) is 29.2. The highest BCUT2D eigenvalue weighted by Gasteiger charge is 2.29. The van der Waals surface area contributed by atoms with Crippen LogP contribution in [0.2, 0.25) is 10.0 Å². The molecule has 39 heavy (non-hydrogen) atoms.